The normalized spacial score (nSPS) is 19.6. The SMILES string of the molecule is C[C@H]1CCc2c(cccc2[N+](=O)[O-])N1. The van der Waals surface area contributed by atoms with Gasteiger partial charge in [0.15, 0.2) is 0 Å². The van der Waals surface area contributed by atoms with Crippen LogP contribution in [0.4, 0.5) is 11.4 Å². The van der Waals surface area contributed by atoms with Crippen molar-refractivity contribution in [2.45, 2.75) is 25.8 Å². The molecule has 4 nitrogen and oxygen atoms in total. The number of hydrogen-bond acceptors (Lipinski definition) is 3. The van der Waals surface area contributed by atoms with Gasteiger partial charge in [-0.2, -0.15) is 0 Å². The highest BCUT2D eigenvalue weighted by molar-refractivity contribution is 5.62. The molecule has 0 aliphatic carbocycles. The van der Waals surface area contributed by atoms with Crippen molar-refractivity contribution in [2.24, 2.45) is 0 Å². The molecule has 0 bridgehead atoms. The minimum absolute atomic E-state index is 0.238. The average molecular weight is 192 g/mol. The molecule has 0 saturated heterocycles. The lowest BCUT2D eigenvalue weighted by Crippen LogP contribution is -2.22. The van der Waals surface area contributed by atoms with E-state index in [1.54, 1.807) is 12.1 Å². The van der Waals surface area contributed by atoms with E-state index in [2.05, 4.69) is 12.2 Å². The number of rotatable bonds is 1. The molecular weight excluding hydrogens is 180 g/mol. The van der Waals surface area contributed by atoms with Crippen LogP contribution in [-0.2, 0) is 6.42 Å². The molecule has 0 amide bonds. The zero-order chi connectivity index (χ0) is 10.1. The molecule has 74 valence electrons. The third kappa shape index (κ3) is 1.43. The van der Waals surface area contributed by atoms with Gasteiger partial charge in [-0.1, -0.05) is 6.07 Å². The molecule has 14 heavy (non-hydrogen) atoms. The van der Waals surface area contributed by atoms with E-state index in [0.717, 1.165) is 24.1 Å². The second-order valence-corrected chi connectivity index (χ2v) is 3.64. The first kappa shape index (κ1) is 8.99. The highest BCUT2D eigenvalue weighted by Gasteiger charge is 2.22. The monoisotopic (exact) mass is 192 g/mol. The van der Waals surface area contributed by atoms with Gasteiger partial charge in [-0.05, 0) is 25.8 Å². The fraction of sp³-hybridized carbons (Fsp3) is 0.400. The maximum atomic E-state index is 10.7. The molecule has 4 heteroatoms. The van der Waals surface area contributed by atoms with Crippen LogP contribution in [0.15, 0.2) is 18.2 Å². The Morgan fingerprint density at radius 1 is 1.57 bits per heavy atom. The first-order valence-electron chi connectivity index (χ1n) is 4.71. The lowest BCUT2D eigenvalue weighted by atomic mass is 9.97. The van der Waals surface area contributed by atoms with Crippen molar-refractivity contribution in [3.63, 3.8) is 0 Å². The van der Waals surface area contributed by atoms with Crippen molar-refractivity contribution in [3.05, 3.63) is 33.9 Å². The van der Waals surface area contributed by atoms with E-state index in [9.17, 15) is 10.1 Å². The van der Waals surface area contributed by atoms with E-state index < -0.39 is 0 Å². The van der Waals surface area contributed by atoms with Crippen LogP contribution in [0.1, 0.15) is 18.9 Å². The Balaban J connectivity index is 2.46. The fourth-order valence-electron chi connectivity index (χ4n) is 1.84. The zero-order valence-corrected chi connectivity index (χ0v) is 7.99. The van der Waals surface area contributed by atoms with E-state index in [1.807, 2.05) is 6.07 Å². The maximum absolute atomic E-state index is 10.7. The summed E-state index contributed by atoms with van der Waals surface area (Å²) in [5.41, 5.74) is 2.00. The molecule has 1 N–H and O–H groups in total. The molecule has 1 aliphatic heterocycles. The summed E-state index contributed by atoms with van der Waals surface area (Å²) in [6, 6.07) is 5.60. The standard InChI is InChI=1S/C10H12N2O2/c1-7-5-6-8-9(11-7)3-2-4-10(8)12(13)14/h2-4,7,11H,5-6H2,1H3/t7-/m0/s1. The molecular formula is C10H12N2O2. The molecule has 1 aliphatic rings. The molecule has 2 rings (SSSR count). The van der Waals surface area contributed by atoms with Crippen molar-refractivity contribution in [1.29, 1.82) is 0 Å². The maximum Gasteiger partial charge on any atom is 0.274 e. The number of anilines is 1. The lowest BCUT2D eigenvalue weighted by Gasteiger charge is -2.23. The number of nitro groups is 1. The average Bonchev–Trinajstić information content (AvgIpc) is 2.16. The van der Waals surface area contributed by atoms with Crippen LogP contribution < -0.4 is 5.32 Å². The fourth-order valence-corrected chi connectivity index (χ4v) is 1.84. The van der Waals surface area contributed by atoms with Gasteiger partial charge in [0.05, 0.1) is 10.5 Å². The van der Waals surface area contributed by atoms with Gasteiger partial charge in [-0.25, -0.2) is 0 Å². The van der Waals surface area contributed by atoms with E-state index in [1.165, 1.54) is 0 Å². The number of benzene rings is 1. The third-order valence-corrected chi connectivity index (χ3v) is 2.58. The van der Waals surface area contributed by atoms with Crippen LogP contribution in [0.5, 0.6) is 0 Å². The highest BCUT2D eigenvalue weighted by atomic mass is 16.6. The Morgan fingerprint density at radius 2 is 2.36 bits per heavy atom. The first-order chi connectivity index (χ1) is 6.68. The van der Waals surface area contributed by atoms with Crippen LogP contribution in [-0.4, -0.2) is 11.0 Å². The smallest absolute Gasteiger partial charge is 0.274 e. The van der Waals surface area contributed by atoms with E-state index in [-0.39, 0.29) is 10.6 Å². The molecule has 0 spiro atoms. The molecule has 0 aromatic heterocycles. The predicted molar refractivity (Wildman–Crippen MR) is 54.5 cm³/mol. The molecule has 1 heterocycles. The summed E-state index contributed by atoms with van der Waals surface area (Å²) in [6.07, 6.45) is 1.75. The highest BCUT2D eigenvalue weighted by Crippen LogP contribution is 2.31. The van der Waals surface area contributed by atoms with Gasteiger partial charge in [-0.3, -0.25) is 10.1 Å². The van der Waals surface area contributed by atoms with Gasteiger partial charge in [0.1, 0.15) is 0 Å². The molecule has 1 aromatic carbocycles. The molecule has 0 radical (unpaired) electrons. The van der Waals surface area contributed by atoms with Crippen LogP contribution in [0, 0.1) is 10.1 Å². The van der Waals surface area contributed by atoms with Crippen molar-refractivity contribution < 1.29 is 4.92 Å². The second kappa shape index (κ2) is 3.29. The summed E-state index contributed by atoms with van der Waals surface area (Å²) >= 11 is 0. The minimum atomic E-state index is -0.309. The van der Waals surface area contributed by atoms with Gasteiger partial charge in [-0.15, -0.1) is 0 Å². The Bertz CT molecular complexity index is 376. The van der Waals surface area contributed by atoms with Gasteiger partial charge in [0.25, 0.3) is 5.69 Å². The molecule has 0 fully saturated rings. The predicted octanol–water partition coefficient (Wildman–Crippen LogP) is 2.34. The number of fused-ring (bicyclic) bond motifs is 1. The van der Waals surface area contributed by atoms with E-state index in [0.29, 0.717) is 6.04 Å². The van der Waals surface area contributed by atoms with Crippen LogP contribution in [0.3, 0.4) is 0 Å². The van der Waals surface area contributed by atoms with Gasteiger partial charge < -0.3 is 5.32 Å². The van der Waals surface area contributed by atoms with Crippen LogP contribution >= 0.6 is 0 Å². The Kier molecular flexibility index (Phi) is 2.11. The lowest BCUT2D eigenvalue weighted by molar-refractivity contribution is -0.385. The van der Waals surface area contributed by atoms with Gasteiger partial charge in [0, 0.05) is 17.8 Å². The summed E-state index contributed by atoms with van der Waals surface area (Å²) in [5, 5.41) is 14.0. The molecule has 1 aromatic rings. The first-order valence-corrected chi connectivity index (χ1v) is 4.71. The van der Waals surface area contributed by atoms with Crippen molar-refractivity contribution >= 4 is 11.4 Å². The van der Waals surface area contributed by atoms with Crippen molar-refractivity contribution in [1.82, 2.24) is 0 Å². The second-order valence-electron chi connectivity index (χ2n) is 3.64. The Morgan fingerprint density at radius 3 is 3.07 bits per heavy atom. The van der Waals surface area contributed by atoms with Gasteiger partial charge in [0.2, 0.25) is 0 Å². The van der Waals surface area contributed by atoms with Crippen LogP contribution in [0.2, 0.25) is 0 Å². The third-order valence-electron chi connectivity index (χ3n) is 2.58. The van der Waals surface area contributed by atoms with E-state index in [4.69, 9.17) is 0 Å². The topological polar surface area (TPSA) is 55.2 Å². The molecule has 0 unspecified atom stereocenters. The van der Waals surface area contributed by atoms with Crippen molar-refractivity contribution in [3.8, 4) is 0 Å². The summed E-state index contributed by atoms with van der Waals surface area (Å²) in [5.74, 6) is 0. The van der Waals surface area contributed by atoms with Crippen molar-refractivity contribution in [2.75, 3.05) is 5.32 Å². The number of hydrogen-bond donors (Lipinski definition) is 1. The minimum Gasteiger partial charge on any atom is -0.382 e. The van der Waals surface area contributed by atoms with Crippen LogP contribution in [0.25, 0.3) is 0 Å². The summed E-state index contributed by atoms with van der Waals surface area (Å²) in [7, 11) is 0. The quantitative estimate of drug-likeness (QED) is 0.548. The zero-order valence-electron chi connectivity index (χ0n) is 7.99. The summed E-state index contributed by atoms with van der Waals surface area (Å²) in [6.45, 7) is 2.09. The Labute approximate surface area is 82.1 Å². The Hall–Kier alpha value is -1.58. The number of nitrogens with zero attached hydrogens (tertiary/aromatic N) is 1. The molecule has 1 atom stereocenters. The number of nitro benzene ring substituents is 1. The molecule has 0 saturated carbocycles. The number of nitrogens with one attached hydrogen (secondary N) is 1. The summed E-state index contributed by atoms with van der Waals surface area (Å²) in [4.78, 5) is 10.4. The van der Waals surface area contributed by atoms with E-state index >= 15 is 0 Å². The summed E-state index contributed by atoms with van der Waals surface area (Å²) < 4.78 is 0. The van der Waals surface area contributed by atoms with Gasteiger partial charge >= 0.3 is 0 Å². The largest absolute Gasteiger partial charge is 0.382 e.